The minimum atomic E-state index is -0.265. The first-order valence-corrected chi connectivity index (χ1v) is 6.29. The van der Waals surface area contributed by atoms with Gasteiger partial charge in [0, 0.05) is 30.1 Å². The summed E-state index contributed by atoms with van der Waals surface area (Å²) in [5.41, 5.74) is 0.977. The van der Waals surface area contributed by atoms with Crippen molar-refractivity contribution in [2.24, 2.45) is 0 Å². The van der Waals surface area contributed by atoms with Gasteiger partial charge in [0.2, 0.25) is 0 Å². The second-order valence-electron chi connectivity index (χ2n) is 4.38. The number of hydrogen-bond acceptors (Lipinski definition) is 5. The Morgan fingerprint density at radius 2 is 2.05 bits per heavy atom. The highest BCUT2D eigenvalue weighted by atomic mass is 16.5. The molecule has 0 aliphatic rings. The summed E-state index contributed by atoms with van der Waals surface area (Å²) in [4.78, 5) is 23.6. The number of rotatable bonds is 3. The molecule has 0 atom stereocenters. The van der Waals surface area contributed by atoms with Crippen LogP contribution in [0.25, 0.3) is 22.3 Å². The first-order chi connectivity index (χ1) is 10.2. The molecule has 106 valence electrons. The highest BCUT2D eigenvalue weighted by Crippen LogP contribution is 2.28. The summed E-state index contributed by atoms with van der Waals surface area (Å²) in [5.74, 6) is 1.46. The number of nitrogens with one attached hydrogen (secondary N) is 1. The van der Waals surface area contributed by atoms with Crippen molar-refractivity contribution in [2.45, 2.75) is 0 Å². The van der Waals surface area contributed by atoms with E-state index in [1.54, 1.807) is 37.7 Å². The molecule has 2 heterocycles. The number of H-pyrrole nitrogens is 1. The molecule has 1 N–H and O–H groups in total. The molecule has 0 spiro atoms. The molecule has 0 bridgehead atoms. The fourth-order valence-corrected chi connectivity index (χ4v) is 2.13. The maximum Gasteiger partial charge on any atom is 0.262 e. The number of pyridine rings is 1. The van der Waals surface area contributed by atoms with E-state index in [0.717, 1.165) is 5.56 Å². The van der Waals surface area contributed by atoms with Crippen LogP contribution >= 0.6 is 0 Å². The minimum absolute atomic E-state index is 0.265. The van der Waals surface area contributed by atoms with Crippen molar-refractivity contribution in [3.63, 3.8) is 0 Å². The molecule has 6 nitrogen and oxygen atoms in total. The lowest BCUT2D eigenvalue weighted by molar-refractivity contribution is 0.397. The smallest absolute Gasteiger partial charge is 0.262 e. The zero-order chi connectivity index (χ0) is 14.8. The third kappa shape index (κ3) is 2.31. The van der Waals surface area contributed by atoms with E-state index in [-0.39, 0.29) is 5.56 Å². The van der Waals surface area contributed by atoms with E-state index in [1.165, 1.54) is 7.11 Å². The fraction of sp³-hybridized carbons (Fsp3) is 0.133. The predicted molar refractivity (Wildman–Crippen MR) is 78.7 cm³/mol. The van der Waals surface area contributed by atoms with Crippen LogP contribution in [0.4, 0.5) is 0 Å². The molecule has 3 rings (SSSR count). The standard InChI is InChI=1S/C15H13N3O3/c1-20-10-6-11-13(12(7-10)21-2)15(19)18-14(17-11)9-4-3-5-16-8-9/h3-8H,1-2H3,(H,17,18,19). The second-order valence-corrected chi connectivity index (χ2v) is 4.38. The van der Waals surface area contributed by atoms with E-state index in [0.29, 0.717) is 28.2 Å². The first-order valence-electron chi connectivity index (χ1n) is 6.29. The van der Waals surface area contributed by atoms with Crippen LogP contribution in [0.15, 0.2) is 41.5 Å². The fourth-order valence-electron chi connectivity index (χ4n) is 2.13. The lowest BCUT2D eigenvalue weighted by Gasteiger charge is -2.09. The van der Waals surface area contributed by atoms with Gasteiger partial charge in [-0.2, -0.15) is 0 Å². The minimum Gasteiger partial charge on any atom is -0.497 e. The normalized spacial score (nSPS) is 10.6. The average Bonchev–Trinajstić information content (AvgIpc) is 2.54. The lowest BCUT2D eigenvalue weighted by Crippen LogP contribution is -2.11. The summed E-state index contributed by atoms with van der Waals surface area (Å²) in [5, 5.41) is 0.394. The number of methoxy groups -OCH3 is 2. The van der Waals surface area contributed by atoms with Crippen LogP contribution in [0.3, 0.4) is 0 Å². The van der Waals surface area contributed by atoms with Crippen LogP contribution in [0.5, 0.6) is 11.5 Å². The van der Waals surface area contributed by atoms with Gasteiger partial charge in [0.25, 0.3) is 5.56 Å². The SMILES string of the molecule is COc1cc(OC)c2c(=O)[nH]c(-c3cccnc3)nc2c1. The van der Waals surface area contributed by atoms with E-state index >= 15 is 0 Å². The molecule has 0 radical (unpaired) electrons. The van der Waals surface area contributed by atoms with Gasteiger partial charge >= 0.3 is 0 Å². The highest BCUT2D eigenvalue weighted by Gasteiger charge is 2.12. The number of benzene rings is 1. The zero-order valence-corrected chi connectivity index (χ0v) is 11.6. The average molecular weight is 283 g/mol. The number of hydrogen-bond donors (Lipinski definition) is 1. The van der Waals surface area contributed by atoms with Gasteiger partial charge in [-0.3, -0.25) is 9.78 Å². The molecule has 0 aliphatic heterocycles. The summed E-state index contributed by atoms with van der Waals surface area (Å²) in [7, 11) is 3.05. The van der Waals surface area contributed by atoms with Crippen molar-refractivity contribution in [2.75, 3.05) is 14.2 Å². The van der Waals surface area contributed by atoms with E-state index in [1.807, 2.05) is 6.07 Å². The van der Waals surface area contributed by atoms with Crippen LogP contribution in [-0.2, 0) is 0 Å². The highest BCUT2D eigenvalue weighted by molar-refractivity contribution is 5.87. The van der Waals surface area contributed by atoms with Gasteiger partial charge < -0.3 is 14.5 Å². The van der Waals surface area contributed by atoms with Crippen LogP contribution in [-0.4, -0.2) is 29.2 Å². The van der Waals surface area contributed by atoms with Crippen LogP contribution in [0.1, 0.15) is 0 Å². The largest absolute Gasteiger partial charge is 0.497 e. The molecule has 0 saturated carbocycles. The Morgan fingerprint density at radius 3 is 2.71 bits per heavy atom. The van der Waals surface area contributed by atoms with Gasteiger partial charge in [-0.05, 0) is 12.1 Å². The van der Waals surface area contributed by atoms with Gasteiger partial charge in [-0.25, -0.2) is 4.98 Å². The third-order valence-electron chi connectivity index (χ3n) is 3.14. The Labute approximate surface area is 120 Å². The Kier molecular flexibility index (Phi) is 3.27. The van der Waals surface area contributed by atoms with E-state index in [4.69, 9.17) is 9.47 Å². The molecule has 6 heteroatoms. The monoisotopic (exact) mass is 283 g/mol. The summed E-state index contributed by atoms with van der Waals surface area (Å²) >= 11 is 0. The topological polar surface area (TPSA) is 77.1 Å². The number of fused-ring (bicyclic) bond motifs is 1. The van der Waals surface area contributed by atoms with Crippen molar-refractivity contribution in [1.29, 1.82) is 0 Å². The Hall–Kier alpha value is -2.89. The Morgan fingerprint density at radius 1 is 1.19 bits per heavy atom. The van der Waals surface area contributed by atoms with E-state index < -0.39 is 0 Å². The zero-order valence-electron chi connectivity index (χ0n) is 11.6. The van der Waals surface area contributed by atoms with Crippen LogP contribution in [0.2, 0.25) is 0 Å². The van der Waals surface area contributed by atoms with Gasteiger partial charge in [0.05, 0.1) is 19.7 Å². The molecule has 21 heavy (non-hydrogen) atoms. The quantitative estimate of drug-likeness (QED) is 0.795. The van der Waals surface area contributed by atoms with Crippen molar-refractivity contribution in [1.82, 2.24) is 15.0 Å². The van der Waals surface area contributed by atoms with Crippen LogP contribution < -0.4 is 15.0 Å². The molecular formula is C15H13N3O3. The van der Waals surface area contributed by atoms with Gasteiger partial charge in [-0.15, -0.1) is 0 Å². The molecule has 0 amide bonds. The molecule has 1 aromatic carbocycles. The van der Waals surface area contributed by atoms with E-state index in [9.17, 15) is 4.79 Å². The molecule has 2 aromatic heterocycles. The van der Waals surface area contributed by atoms with Crippen molar-refractivity contribution in [3.8, 4) is 22.9 Å². The number of ether oxygens (including phenoxy) is 2. The molecule has 0 saturated heterocycles. The molecule has 0 unspecified atom stereocenters. The predicted octanol–water partition coefficient (Wildman–Crippen LogP) is 2.00. The molecule has 0 fully saturated rings. The second kappa shape index (κ2) is 5.24. The molecular weight excluding hydrogens is 270 g/mol. The Balaban J connectivity index is 2.31. The van der Waals surface area contributed by atoms with Gasteiger partial charge in [-0.1, -0.05) is 0 Å². The number of aromatic amines is 1. The molecule has 3 aromatic rings. The molecule has 0 aliphatic carbocycles. The number of nitrogens with zero attached hydrogens (tertiary/aromatic N) is 2. The maximum atomic E-state index is 12.3. The van der Waals surface area contributed by atoms with Crippen molar-refractivity contribution < 1.29 is 9.47 Å². The van der Waals surface area contributed by atoms with Gasteiger partial charge in [0.1, 0.15) is 22.7 Å². The van der Waals surface area contributed by atoms with Crippen molar-refractivity contribution >= 4 is 10.9 Å². The summed E-state index contributed by atoms with van der Waals surface area (Å²) in [6, 6.07) is 6.97. The van der Waals surface area contributed by atoms with Crippen LogP contribution in [0, 0.1) is 0 Å². The van der Waals surface area contributed by atoms with Gasteiger partial charge in [0.15, 0.2) is 0 Å². The van der Waals surface area contributed by atoms with Crippen molar-refractivity contribution in [3.05, 3.63) is 47.0 Å². The third-order valence-corrected chi connectivity index (χ3v) is 3.14. The summed E-state index contributed by atoms with van der Waals surface area (Å²) in [6.45, 7) is 0. The first kappa shape index (κ1) is 13.1. The maximum absolute atomic E-state index is 12.3. The number of aromatic nitrogens is 3. The summed E-state index contributed by atoms with van der Waals surface area (Å²) in [6.07, 6.45) is 3.30. The Bertz CT molecular complexity index is 844. The lowest BCUT2D eigenvalue weighted by atomic mass is 10.2. The van der Waals surface area contributed by atoms with E-state index in [2.05, 4.69) is 15.0 Å². The summed E-state index contributed by atoms with van der Waals surface area (Å²) < 4.78 is 10.4.